The molecule has 1 aromatic carbocycles. The number of phenolic OH excluding ortho intramolecular Hbond substituents is 1. The molecule has 5 heteroatoms. The highest BCUT2D eigenvalue weighted by molar-refractivity contribution is 5.98. The van der Waals surface area contributed by atoms with Gasteiger partial charge in [0.25, 0.3) is 0 Å². The Balaban J connectivity index is 2.61. The van der Waals surface area contributed by atoms with Crippen molar-refractivity contribution in [3.8, 4) is 5.75 Å². The van der Waals surface area contributed by atoms with Crippen LogP contribution in [0.1, 0.15) is 10.4 Å². The maximum atomic E-state index is 11.1. The van der Waals surface area contributed by atoms with Gasteiger partial charge in [-0.25, -0.2) is 4.79 Å². The zero-order valence-electron chi connectivity index (χ0n) is 7.19. The number of carbonyl (C=O) groups is 1. The van der Waals surface area contributed by atoms with E-state index in [0.29, 0.717) is 16.0 Å². The fourth-order valence-corrected chi connectivity index (χ4v) is 0.911. The highest BCUT2D eigenvalue weighted by Crippen LogP contribution is 2.10. The molecule has 70 valence electrons. The van der Waals surface area contributed by atoms with Crippen LogP contribution in [0, 0.1) is 0 Å². The molecular weight excluding hydrogens is 188 g/mol. The van der Waals surface area contributed by atoms with Crippen LogP contribution in [0.4, 0.5) is 0 Å². The van der Waals surface area contributed by atoms with Gasteiger partial charge in [0.15, 0.2) is 6.79 Å². The summed E-state index contributed by atoms with van der Waals surface area (Å²) in [4.78, 5) is 11.1. The highest BCUT2D eigenvalue weighted by atomic mass is 28.2. The molecule has 0 amide bonds. The van der Waals surface area contributed by atoms with Crippen LogP contribution >= 0.6 is 0 Å². The van der Waals surface area contributed by atoms with Crippen LogP contribution in [0.15, 0.2) is 24.3 Å². The zero-order chi connectivity index (χ0) is 9.68. The topological polar surface area (TPSA) is 55.8 Å². The SMILES string of the molecule is O=C(OCO[SiH3])c1ccc(O)cc1. The normalized spacial score (nSPS) is 9.85. The Bertz CT molecular complexity index is 283. The van der Waals surface area contributed by atoms with Gasteiger partial charge in [-0.15, -0.1) is 0 Å². The summed E-state index contributed by atoms with van der Waals surface area (Å²) in [5, 5.41) is 8.94. The monoisotopic (exact) mass is 198 g/mol. The van der Waals surface area contributed by atoms with E-state index in [2.05, 4.69) is 0 Å². The third-order valence-corrected chi connectivity index (χ3v) is 1.65. The molecule has 0 fully saturated rings. The maximum absolute atomic E-state index is 11.1. The van der Waals surface area contributed by atoms with Crippen molar-refractivity contribution in [3.63, 3.8) is 0 Å². The van der Waals surface area contributed by atoms with Gasteiger partial charge in [-0.1, -0.05) is 0 Å². The first kappa shape index (κ1) is 9.75. The molecule has 13 heavy (non-hydrogen) atoms. The molecule has 1 rings (SSSR count). The van der Waals surface area contributed by atoms with Crippen molar-refractivity contribution < 1.29 is 19.1 Å². The minimum Gasteiger partial charge on any atom is -0.508 e. The molecular formula is C8H10O4Si. The number of phenols is 1. The van der Waals surface area contributed by atoms with E-state index in [9.17, 15) is 4.79 Å². The van der Waals surface area contributed by atoms with Crippen LogP contribution < -0.4 is 0 Å². The smallest absolute Gasteiger partial charge is 0.340 e. The average molecular weight is 198 g/mol. The van der Waals surface area contributed by atoms with Crippen LogP contribution in [0.2, 0.25) is 0 Å². The van der Waals surface area contributed by atoms with Crippen LogP contribution in [0.3, 0.4) is 0 Å². The lowest BCUT2D eigenvalue weighted by Crippen LogP contribution is -2.07. The summed E-state index contributed by atoms with van der Waals surface area (Å²) in [6.45, 7) is -0.00800. The number of ether oxygens (including phenoxy) is 1. The quantitative estimate of drug-likeness (QED) is 0.415. The largest absolute Gasteiger partial charge is 0.508 e. The number of rotatable bonds is 3. The number of hydrogen-bond donors (Lipinski definition) is 1. The number of hydrogen-bond acceptors (Lipinski definition) is 4. The van der Waals surface area contributed by atoms with Gasteiger partial charge >= 0.3 is 5.97 Å². The molecule has 0 aliphatic heterocycles. The van der Waals surface area contributed by atoms with Crippen LogP contribution in [0.5, 0.6) is 5.75 Å². The van der Waals surface area contributed by atoms with Crippen molar-refractivity contribution in [2.75, 3.05) is 6.79 Å². The third-order valence-electron chi connectivity index (χ3n) is 1.41. The van der Waals surface area contributed by atoms with Gasteiger partial charge in [-0.2, -0.15) is 0 Å². The first-order chi connectivity index (χ1) is 6.24. The zero-order valence-corrected chi connectivity index (χ0v) is 9.19. The fourth-order valence-electron chi connectivity index (χ4n) is 0.793. The molecule has 0 saturated heterocycles. The second-order valence-corrected chi connectivity index (χ2v) is 2.96. The second-order valence-electron chi connectivity index (χ2n) is 2.39. The third kappa shape index (κ3) is 2.88. The van der Waals surface area contributed by atoms with E-state index in [-0.39, 0.29) is 12.5 Å². The molecule has 1 aromatic rings. The Labute approximate surface area is 78.6 Å². The predicted octanol–water partition coefficient (Wildman–Crippen LogP) is -0.197. The van der Waals surface area contributed by atoms with E-state index in [1.807, 2.05) is 0 Å². The molecule has 0 aliphatic carbocycles. The summed E-state index contributed by atoms with van der Waals surface area (Å²) in [6.07, 6.45) is 0. The van der Waals surface area contributed by atoms with Crippen molar-refractivity contribution in [1.82, 2.24) is 0 Å². The first-order valence-electron chi connectivity index (χ1n) is 3.69. The number of aromatic hydroxyl groups is 1. The van der Waals surface area contributed by atoms with Gasteiger partial charge < -0.3 is 14.3 Å². The van der Waals surface area contributed by atoms with Crippen LogP contribution in [-0.4, -0.2) is 28.4 Å². The van der Waals surface area contributed by atoms with Crippen molar-refractivity contribution in [2.45, 2.75) is 0 Å². The summed E-state index contributed by atoms with van der Waals surface area (Å²) < 4.78 is 9.41. The van der Waals surface area contributed by atoms with Crippen LogP contribution in [0.25, 0.3) is 0 Å². The summed E-state index contributed by atoms with van der Waals surface area (Å²) in [7, 11) is 0.538. The molecule has 0 heterocycles. The van der Waals surface area contributed by atoms with E-state index in [1.54, 1.807) is 0 Å². The van der Waals surface area contributed by atoms with E-state index >= 15 is 0 Å². The Hall–Kier alpha value is -1.33. The molecule has 0 spiro atoms. The Morgan fingerprint density at radius 1 is 1.38 bits per heavy atom. The molecule has 0 radical (unpaired) electrons. The van der Waals surface area contributed by atoms with Gasteiger partial charge in [0.1, 0.15) is 16.2 Å². The molecule has 1 N–H and O–H groups in total. The molecule has 0 bridgehead atoms. The molecule has 0 atom stereocenters. The molecule has 0 saturated carbocycles. The molecule has 0 aromatic heterocycles. The Morgan fingerprint density at radius 2 is 2.00 bits per heavy atom. The van der Waals surface area contributed by atoms with E-state index in [1.165, 1.54) is 24.3 Å². The molecule has 4 nitrogen and oxygen atoms in total. The van der Waals surface area contributed by atoms with Gasteiger partial charge in [0.05, 0.1) is 5.56 Å². The lowest BCUT2D eigenvalue weighted by atomic mass is 10.2. The lowest BCUT2D eigenvalue weighted by molar-refractivity contribution is 0.0178. The van der Waals surface area contributed by atoms with Crippen molar-refractivity contribution in [3.05, 3.63) is 29.8 Å². The van der Waals surface area contributed by atoms with Crippen molar-refractivity contribution >= 4 is 16.5 Å². The Morgan fingerprint density at radius 3 is 2.54 bits per heavy atom. The maximum Gasteiger partial charge on any atom is 0.340 e. The lowest BCUT2D eigenvalue weighted by Gasteiger charge is -2.02. The fraction of sp³-hybridized carbons (Fsp3) is 0.125. The van der Waals surface area contributed by atoms with Gasteiger partial charge in [-0.3, -0.25) is 0 Å². The summed E-state index contributed by atoms with van der Waals surface area (Å²) in [5.41, 5.74) is 0.400. The number of benzene rings is 1. The summed E-state index contributed by atoms with van der Waals surface area (Å²) in [5.74, 6) is -0.327. The minimum absolute atomic E-state index is 0.00800. The summed E-state index contributed by atoms with van der Waals surface area (Å²) in [6, 6.07) is 5.84. The molecule has 0 unspecified atom stereocenters. The van der Waals surface area contributed by atoms with Crippen molar-refractivity contribution in [2.24, 2.45) is 0 Å². The van der Waals surface area contributed by atoms with Crippen LogP contribution in [-0.2, 0) is 9.16 Å². The average Bonchev–Trinajstić information content (AvgIpc) is 2.15. The van der Waals surface area contributed by atoms with E-state index in [0.717, 1.165) is 0 Å². The number of esters is 1. The van der Waals surface area contributed by atoms with E-state index in [4.69, 9.17) is 14.3 Å². The Kier molecular flexibility index (Phi) is 3.48. The first-order valence-corrected chi connectivity index (χ1v) is 4.51. The molecule has 0 aliphatic rings. The van der Waals surface area contributed by atoms with E-state index < -0.39 is 5.97 Å². The highest BCUT2D eigenvalue weighted by Gasteiger charge is 2.05. The second kappa shape index (κ2) is 4.63. The van der Waals surface area contributed by atoms with Gasteiger partial charge in [-0.05, 0) is 24.3 Å². The minimum atomic E-state index is -0.448. The number of carbonyl (C=O) groups excluding carboxylic acids is 1. The standard InChI is InChI=1S/C8H10O4Si/c9-7-3-1-6(2-4-7)8(10)11-5-12-13/h1-4,9H,5H2,13H3. The van der Waals surface area contributed by atoms with Gasteiger partial charge in [0.2, 0.25) is 0 Å². The summed E-state index contributed by atoms with van der Waals surface area (Å²) >= 11 is 0. The van der Waals surface area contributed by atoms with Gasteiger partial charge in [0, 0.05) is 0 Å². The van der Waals surface area contributed by atoms with Crippen molar-refractivity contribution in [1.29, 1.82) is 0 Å². The predicted molar refractivity (Wildman–Crippen MR) is 49.4 cm³/mol.